The Morgan fingerprint density at radius 2 is 1.88 bits per heavy atom. The number of anilines is 1. The highest BCUT2D eigenvalue weighted by Gasteiger charge is 2.35. The van der Waals surface area contributed by atoms with Crippen molar-refractivity contribution in [2.45, 2.75) is 25.3 Å². The lowest BCUT2D eigenvalue weighted by molar-refractivity contribution is -0.115. The van der Waals surface area contributed by atoms with Crippen LogP contribution in [0.1, 0.15) is 35.4 Å². The van der Waals surface area contributed by atoms with Gasteiger partial charge in [0.2, 0.25) is 5.91 Å². The molecule has 6 nitrogen and oxygen atoms in total. The van der Waals surface area contributed by atoms with Crippen molar-refractivity contribution < 1.29 is 4.79 Å². The first-order valence-corrected chi connectivity index (χ1v) is 12.0. The quantitative estimate of drug-likeness (QED) is 0.370. The number of benzene rings is 3. The number of fused-ring (bicyclic) bond motifs is 2. The lowest BCUT2D eigenvalue weighted by Gasteiger charge is -2.15. The number of rotatable bonds is 5. The minimum absolute atomic E-state index is 0.105. The van der Waals surface area contributed by atoms with Crippen LogP contribution in [0.25, 0.3) is 11.0 Å². The number of amides is 1. The molecule has 0 aliphatic carbocycles. The summed E-state index contributed by atoms with van der Waals surface area (Å²) in [5.41, 5.74) is 7.06. The Hall–Kier alpha value is -3.48. The van der Waals surface area contributed by atoms with Crippen LogP contribution in [-0.4, -0.2) is 39.6 Å². The van der Waals surface area contributed by atoms with Gasteiger partial charge in [-0.15, -0.1) is 0 Å². The zero-order valence-corrected chi connectivity index (χ0v) is 19.3. The number of H-pyrrole nitrogens is 1. The van der Waals surface area contributed by atoms with Gasteiger partial charge in [-0.05, 0) is 79.0 Å². The molecule has 1 aromatic heterocycles. The molecule has 34 heavy (non-hydrogen) atoms. The average molecular weight is 470 g/mol. The minimum atomic E-state index is -0.531. The van der Waals surface area contributed by atoms with Gasteiger partial charge in [0.1, 0.15) is 5.92 Å². The molecule has 0 saturated carbocycles. The summed E-state index contributed by atoms with van der Waals surface area (Å²) in [6.07, 6.45) is 4.23. The van der Waals surface area contributed by atoms with Gasteiger partial charge in [0.15, 0.2) is 0 Å². The summed E-state index contributed by atoms with van der Waals surface area (Å²) in [4.78, 5) is 28.1. The predicted molar refractivity (Wildman–Crippen MR) is 136 cm³/mol. The summed E-state index contributed by atoms with van der Waals surface area (Å²) in [7, 11) is 0. The summed E-state index contributed by atoms with van der Waals surface area (Å²) >= 11 is 6.18. The second-order valence-corrected chi connectivity index (χ2v) is 9.37. The highest BCUT2D eigenvalue weighted by molar-refractivity contribution is 6.31. The van der Waals surface area contributed by atoms with Crippen LogP contribution in [0.4, 0.5) is 11.4 Å². The molecule has 2 N–H and O–H groups in total. The molecule has 4 aromatic rings. The minimum Gasteiger partial charge on any atom is -0.345 e. The van der Waals surface area contributed by atoms with E-state index < -0.39 is 5.92 Å². The van der Waals surface area contributed by atoms with Crippen molar-refractivity contribution in [1.82, 2.24) is 14.9 Å². The zero-order chi connectivity index (χ0) is 23.1. The van der Waals surface area contributed by atoms with Gasteiger partial charge in [-0.3, -0.25) is 14.7 Å². The van der Waals surface area contributed by atoms with E-state index in [1.807, 2.05) is 42.5 Å². The normalized spacial score (nSPS) is 18.4. The molecule has 2 aliphatic heterocycles. The fraction of sp³-hybridized carbons (Fsp3) is 0.222. The molecule has 7 heteroatoms. The van der Waals surface area contributed by atoms with E-state index in [0.717, 1.165) is 40.1 Å². The molecular weight excluding hydrogens is 446 g/mol. The third kappa shape index (κ3) is 4.00. The van der Waals surface area contributed by atoms with Gasteiger partial charge in [-0.1, -0.05) is 35.9 Å². The van der Waals surface area contributed by atoms with E-state index in [2.05, 4.69) is 32.3 Å². The number of imidazole rings is 1. The highest BCUT2D eigenvalue weighted by Crippen LogP contribution is 2.38. The number of nitrogens with zero attached hydrogens (tertiary/aromatic N) is 3. The number of halogens is 1. The first kappa shape index (κ1) is 21.1. The van der Waals surface area contributed by atoms with Gasteiger partial charge in [-0.25, -0.2) is 4.98 Å². The lowest BCUT2D eigenvalue weighted by Crippen LogP contribution is -2.22. The number of aromatic amines is 1. The van der Waals surface area contributed by atoms with Crippen LogP contribution in [0.5, 0.6) is 0 Å². The molecule has 170 valence electrons. The SMILES string of the molecule is O=C1Nc2cc(Cl)ccc2C1C(=Nc1ccc(CN2CCCC2)cc1)c1ccc2nc[nH]c2c1. The van der Waals surface area contributed by atoms with Crippen LogP contribution in [0, 0.1) is 0 Å². The van der Waals surface area contributed by atoms with Gasteiger partial charge < -0.3 is 10.3 Å². The Morgan fingerprint density at radius 3 is 2.71 bits per heavy atom. The fourth-order valence-corrected chi connectivity index (χ4v) is 5.08. The van der Waals surface area contributed by atoms with Gasteiger partial charge in [-0.2, -0.15) is 0 Å². The number of hydrogen-bond donors (Lipinski definition) is 2. The third-order valence-electron chi connectivity index (χ3n) is 6.63. The number of hydrogen-bond acceptors (Lipinski definition) is 4. The Kier molecular flexibility index (Phi) is 5.40. The molecule has 0 radical (unpaired) electrons. The average Bonchev–Trinajstić information content (AvgIpc) is 3.58. The maximum Gasteiger partial charge on any atom is 0.238 e. The van der Waals surface area contributed by atoms with E-state index in [9.17, 15) is 4.79 Å². The number of nitrogens with one attached hydrogen (secondary N) is 2. The van der Waals surface area contributed by atoms with Gasteiger partial charge in [0, 0.05) is 17.3 Å². The van der Waals surface area contributed by atoms with E-state index in [1.54, 1.807) is 12.4 Å². The van der Waals surface area contributed by atoms with Crippen LogP contribution < -0.4 is 5.32 Å². The molecule has 1 amide bonds. The van der Waals surface area contributed by atoms with Crippen molar-refractivity contribution in [3.63, 3.8) is 0 Å². The van der Waals surface area contributed by atoms with Crippen LogP contribution in [0.2, 0.25) is 5.02 Å². The van der Waals surface area contributed by atoms with Crippen molar-refractivity contribution in [2.75, 3.05) is 18.4 Å². The van der Waals surface area contributed by atoms with Crippen molar-refractivity contribution in [3.8, 4) is 0 Å². The van der Waals surface area contributed by atoms with Gasteiger partial charge >= 0.3 is 0 Å². The summed E-state index contributed by atoms with van der Waals surface area (Å²) in [6.45, 7) is 3.30. The maximum atomic E-state index is 13.1. The zero-order valence-electron chi connectivity index (χ0n) is 18.6. The maximum absolute atomic E-state index is 13.1. The second-order valence-electron chi connectivity index (χ2n) is 8.94. The van der Waals surface area contributed by atoms with Gasteiger partial charge in [0.05, 0.1) is 28.8 Å². The number of aliphatic imine (C=N–C) groups is 1. The van der Waals surface area contributed by atoms with E-state index in [0.29, 0.717) is 10.7 Å². The first-order valence-electron chi connectivity index (χ1n) is 11.6. The fourth-order valence-electron chi connectivity index (χ4n) is 4.91. The number of likely N-dealkylation sites (tertiary alicyclic amines) is 1. The van der Waals surface area contributed by atoms with Gasteiger partial charge in [0.25, 0.3) is 0 Å². The molecule has 3 aromatic carbocycles. The van der Waals surface area contributed by atoms with Crippen LogP contribution in [0.3, 0.4) is 0 Å². The van der Waals surface area contributed by atoms with Crippen LogP contribution >= 0.6 is 11.6 Å². The lowest BCUT2D eigenvalue weighted by atomic mass is 9.90. The summed E-state index contributed by atoms with van der Waals surface area (Å²) in [5.74, 6) is -0.636. The number of carbonyl (C=O) groups excluding carboxylic acids is 1. The summed E-state index contributed by atoms with van der Waals surface area (Å²) in [6, 6.07) is 19.8. The van der Waals surface area contributed by atoms with E-state index in [4.69, 9.17) is 16.6 Å². The monoisotopic (exact) mass is 469 g/mol. The Morgan fingerprint density at radius 1 is 1.06 bits per heavy atom. The second kappa shape index (κ2) is 8.70. The molecule has 1 unspecified atom stereocenters. The van der Waals surface area contributed by atoms with Crippen molar-refractivity contribution in [2.24, 2.45) is 4.99 Å². The topological polar surface area (TPSA) is 73.4 Å². The van der Waals surface area contributed by atoms with Crippen LogP contribution in [0.15, 0.2) is 72.0 Å². The predicted octanol–water partition coefficient (Wildman–Crippen LogP) is 5.67. The van der Waals surface area contributed by atoms with E-state index in [-0.39, 0.29) is 5.91 Å². The summed E-state index contributed by atoms with van der Waals surface area (Å²) in [5, 5.41) is 3.56. The first-order chi connectivity index (χ1) is 16.6. The molecule has 6 rings (SSSR count). The standard InChI is InChI=1S/C27H24ClN5O/c28-19-6-9-21-23(14-19)32-27(34)25(21)26(18-5-10-22-24(13-18)30-16-29-22)31-20-7-3-17(4-8-20)15-33-11-1-2-12-33/h3-10,13-14,16,25H,1-2,11-12,15H2,(H,29,30)(H,32,34). The molecule has 1 saturated heterocycles. The highest BCUT2D eigenvalue weighted by atomic mass is 35.5. The largest absolute Gasteiger partial charge is 0.345 e. The molecular formula is C27H24ClN5O. The van der Waals surface area contributed by atoms with E-state index in [1.165, 1.54) is 31.5 Å². The molecule has 2 aliphatic rings. The molecule has 1 atom stereocenters. The third-order valence-corrected chi connectivity index (χ3v) is 6.86. The Bertz CT molecular complexity index is 1400. The van der Waals surface area contributed by atoms with Crippen molar-refractivity contribution in [3.05, 3.63) is 88.7 Å². The van der Waals surface area contributed by atoms with Crippen molar-refractivity contribution in [1.29, 1.82) is 0 Å². The molecule has 3 heterocycles. The number of aromatic nitrogens is 2. The van der Waals surface area contributed by atoms with Crippen molar-refractivity contribution >= 4 is 45.6 Å². The van der Waals surface area contributed by atoms with Crippen LogP contribution in [-0.2, 0) is 11.3 Å². The molecule has 1 fully saturated rings. The smallest absolute Gasteiger partial charge is 0.238 e. The number of carbonyl (C=O) groups is 1. The Balaban J connectivity index is 1.41. The van der Waals surface area contributed by atoms with E-state index >= 15 is 0 Å². The molecule has 0 spiro atoms. The summed E-state index contributed by atoms with van der Waals surface area (Å²) < 4.78 is 0. The molecule has 0 bridgehead atoms. The Labute approximate surface area is 202 Å².